The summed E-state index contributed by atoms with van der Waals surface area (Å²) in [4.78, 5) is 11.7. The van der Waals surface area contributed by atoms with Crippen LogP contribution in [0.1, 0.15) is 30.1 Å². The minimum Gasteiger partial charge on any atom is -0.504 e. The highest BCUT2D eigenvalue weighted by Gasteiger charge is 2.08. The van der Waals surface area contributed by atoms with Crippen LogP contribution in [0.25, 0.3) is 0 Å². The van der Waals surface area contributed by atoms with Crippen LogP contribution in [0.15, 0.2) is 18.2 Å². The maximum absolute atomic E-state index is 11.7. The van der Waals surface area contributed by atoms with Gasteiger partial charge in [-0.25, -0.2) is 0 Å². The van der Waals surface area contributed by atoms with Gasteiger partial charge in [0.25, 0.3) is 5.91 Å². The van der Waals surface area contributed by atoms with E-state index in [-0.39, 0.29) is 17.4 Å². The maximum Gasteiger partial charge on any atom is 0.251 e. The minimum atomic E-state index is -0.292. The number of rotatable bonds is 6. The number of hydrogen-bond donors (Lipinski definition) is 4. The van der Waals surface area contributed by atoms with Gasteiger partial charge in [-0.05, 0) is 43.5 Å². The van der Waals surface area contributed by atoms with Crippen LogP contribution in [0.2, 0.25) is 0 Å². The van der Waals surface area contributed by atoms with Crippen molar-refractivity contribution in [2.45, 2.75) is 19.8 Å². The van der Waals surface area contributed by atoms with Gasteiger partial charge in [-0.15, -0.1) is 0 Å². The second-order valence-corrected chi connectivity index (χ2v) is 4.44. The number of hydrogen-bond acceptors (Lipinski definition) is 4. The Hall–Kier alpha value is -1.75. The number of nitrogens with one attached hydrogen (secondary N) is 1. The summed E-state index contributed by atoms with van der Waals surface area (Å²) in [5, 5.41) is 21.2. The Morgan fingerprint density at radius 2 is 2.11 bits per heavy atom. The lowest BCUT2D eigenvalue weighted by molar-refractivity contribution is 0.0952. The molecule has 0 radical (unpaired) electrons. The molecule has 1 atom stereocenters. The number of amides is 1. The summed E-state index contributed by atoms with van der Waals surface area (Å²) < 4.78 is 0. The first kappa shape index (κ1) is 14.3. The molecule has 0 bridgehead atoms. The predicted octanol–water partition coefficient (Wildman–Crippen LogP) is 1.20. The van der Waals surface area contributed by atoms with Crippen molar-refractivity contribution in [3.8, 4) is 11.5 Å². The lowest BCUT2D eigenvalue weighted by Gasteiger charge is -2.09. The van der Waals surface area contributed by atoms with Gasteiger partial charge in [-0.1, -0.05) is 6.92 Å². The second kappa shape index (κ2) is 6.86. The first-order chi connectivity index (χ1) is 8.54. The highest BCUT2D eigenvalue weighted by molar-refractivity contribution is 5.94. The molecule has 1 aromatic rings. The average Bonchev–Trinajstić information content (AvgIpc) is 2.37. The van der Waals surface area contributed by atoms with Crippen molar-refractivity contribution in [2.75, 3.05) is 13.1 Å². The Labute approximate surface area is 107 Å². The molecule has 0 heterocycles. The molecule has 1 unspecified atom stereocenters. The van der Waals surface area contributed by atoms with E-state index in [1.165, 1.54) is 18.2 Å². The average molecular weight is 252 g/mol. The fourth-order valence-electron chi connectivity index (χ4n) is 1.54. The minimum absolute atomic E-state index is 0.233. The van der Waals surface area contributed by atoms with Gasteiger partial charge in [-0.3, -0.25) is 4.79 Å². The molecule has 5 N–H and O–H groups in total. The standard InChI is InChI=1S/C13H20N2O3/c1-9(8-14)3-2-6-15-13(18)10-4-5-11(16)12(17)7-10/h4-5,7,9,16-17H,2-3,6,8,14H2,1H3,(H,15,18). The van der Waals surface area contributed by atoms with E-state index in [1.54, 1.807) is 0 Å². The van der Waals surface area contributed by atoms with Crippen LogP contribution in [0.5, 0.6) is 11.5 Å². The molecule has 5 heteroatoms. The van der Waals surface area contributed by atoms with E-state index in [1.807, 2.05) is 0 Å². The van der Waals surface area contributed by atoms with E-state index in [0.29, 0.717) is 24.6 Å². The third-order valence-corrected chi connectivity index (χ3v) is 2.80. The summed E-state index contributed by atoms with van der Waals surface area (Å²) >= 11 is 0. The number of nitrogens with two attached hydrogens (primary N) is 1. The summed E-state index contributed by atoms with van der Waals surface area (Å²) in [7, 11) is 0. The predicted molar refractivity (Wildman–Crippen MR) is 69.6 cm³/mol. The number of aromatic hydroxyl groups is 2. The van der Waals surface area contributed by atoms with Crippen molar-refractivity contribution < 1.29 is 15.0 Å². The molecule has 0 fully saturated rings. The monoisotopic (exact) mass is 252 g/mol. The van der Waals surface area contributed by atoms with Gasteiger partial charge in [-0.2, -0.15) is 0 Å². The van der Waals surface area contributed by atoms with Gasteiger partial charge in [0.15, 0.2) is 11.5 Å². The topological polar surface area (TPSA) is 95.6 Å². The Bertz CT molecular complexity index is 407. The molecule has 0 saturated carbocycles. The van der Waals surface area contributed by atoms with Crippen LogP contribution >= 0.6 is 0 Å². The maximum atomic E-state index is 11.7. The van der Waals surface area contributed by atoms with Crippen LogP contribution in [0.4, 0.5) is 0 Å². The van der Waals surface area contributed by atoms with Gasteiger partial charge >= 0.3 is 0 Å². The normalized spacial score (nSPS) is 12.1. The van der Waals surface area contributed by atoms with Crippen molar-refractivity contribution in [1.29, 1.82) is 0 Å². The number of carbonyl (C=O) groups excluding carboxylic acids is 1. The fraction of sp³-hybridized carbons (Fsp3) is 0.462. The Morgan fingerprint density at radius 1 is 1.39 bits per heavy atom. The van der Waals surface area contributed by atoms with Crippen LogP contribution in [-0.4, -0.2) is 29.2 Å². The van der Waals surface area contributed by atoms with Gasteiger partial charge < -0.3 is 21.3 Å². The van der Waals surface area contributed by atoms with Gasteiger partial charge in [0.1, 0.15) is 0 Å². The summed E-state index contributed by atoms with van der Waals surface area (Å²) in [5.74, 6) is -0.326. The summed E-state index contributed by atoms with van der Waals surface area (Å²) in [6, 6.07) is 4.00. The number of carbonyl (C=O) groups is 1. The van der Waals surface area contributed by atoms with Crippen LogP contribution in [-0.2, 0) is 0 Å². The van der Waals surface area contributed by atoms with E-state index in [9.17, 15) is 9.90 Å². The molecule has 0 spiro atoms. The zero-order valence-corrected chi connectivity index (χ0v) is 10.5. The van der Waals surface area contributed by atoms with Crippen LogP contribution in [0, 0.1) is 5.92 Å². The highest BCUT2D eigenvalue weighted by atomic mass is 16.3. The van der Waals surface area contributed by atoms with Crippen LogP contribution in [0.3, 0.4) is 0 Å². The molecule has 1 rings (SSSR count). The number of phenolic OH excluding ortho intramolecular Hbond substituents is 2. The van der Waals surface area contributed by atoms with Crippen molar-refractivity contribution >= 4 is 5.91 Å². The quantitative estimate of drug-likeness (QED) is 0.452. The third-order valence-electron chi connectivity index (χ3n) is 2.80. The van der Waals surface area contributed by atoms with Crippen LogP contribution < -0.4 is 11.1 Å². The second-order valence-electron chi connectivity index (χ2n) is 4.44. The van der Waals surface area contributed by atoms with Crippen molar-refractivity contribution in [2.24, 2.45) is 11.7 Å². The number of benzene rings is 1. The van der Waals surface area contributed by atoms with Crippen molar-refractivity contribution in [1.82, 2.24) is 5.32 Å². The van der Waals surface area contributed by atoms with Crippen molar-refractivity contribution in [3.05, 3.63) is 23.8 Å². The smallest absolute Gasteiger partial charge is 0.251 e. The Kier molecular flexibility index (Phi) is 5.45. The van der Waals surface area contributed by atoms with E-state index in [4.69, 9.17) is 10.8 Å². The van der Waals surface area contributed by atoms with Gasteiger partial charge in [0.2, 0.25) is 0 Å². The van der Waals surface area contributed by atoms with E-state index >= 15 is 0 Å². The summed E-state index contributed by atoms with van der Waals surface area (Å²) in [5.41, 5.74) is 5.83. The zero-order chi connectivity index (χ0) is 13.5. The van der Waals surface area contributed by atoms with Gasteiger partial charge in [0.05, 0.1) is 0 Å². The molecule has 0 aromatic heterocycles. The largest absolute Gasteiger partial charge is 0.504 e. The first-order valence-corrected chi connectivity index (χ1v) is 6.05. The molecule has 0 aliphatic heterocycles. The van der Waals surface area contributed by atoms with E-state index in [2.05, 4.69) is 12.2 Å². The first-order valence-electron chi connectivity index (χ1n) is 6.05. The van der Waals surface area contributed by atoms with Crippen molar-refractivity contribution in [3.63, 3.8) is 0 Å². The molecule has 1 aromatic carbocycles. The van der Waals surface area contributed by atoms with Gasteiger partial charge in [0, 0.05) is 12.1 Å². The number of phenols is 2. The lowest BCUT2D eigenvalue weighted by Crippen LogP contribution is -2.25. The molecule has 5 nitrogen and oxygen atoms in total. The lowest BCUT2D eigenvalue weighted by atomic mass is 10.1. The Balaban J connectivity index is 2.39. The zero-order valence-electron chi connectivity index (χ0n) is 10.5. The molecule has 18 heavy (non-hydrogen) atoms. The summed E-state index contributed by atoms with van der Waals surface area (Å²) in [6.45, 7) is 3.30. The third kappa shape index (κ3) is 4.25. The molecular formula is C13H20N2O3. The molecular weight excluding hydrogens is 232 g/mol. The SMILES string of the molecule is CC(CN)CCCNC(=O)c1ccc(O)c(O)c1. The molecule has 1 amide bonds. The highest BCUT2D eigenvalue weighted by Crippen LogP contribution is 2.24. The molecule has 0 aliphatic rings. The Morgan fingerprint density at radius 3 is 2.72 bits per heavy atom. The van der Waals surface area contributed by atoms with E-state index < -0.39 is 0 Å². The fourth-order valence-corrected chi connectivity index (χ4v) is 1.54. The summed E-state index contributed by atoms with van der Waals surface area (Å²) in [6.07, 6.45) is 1.84. The van der Waals surface area contributed by atoms with E-state index in [0.717, 1.165) is 12.8 Å². The molecule has 0 saturated heterocycles. The molecule has 0 aliphatic carbocycles. The molecule has 100 valence electrons.